The van der Waals surface area contributed by atoms with E-state index in [1.807, 2.05) is 0 Å². The fourth-order valence-corrected chi connectivity index (χ4v) is 1.18. The molecule has 0 spiro atoms. The summed E-state index contributed by atoms with van der Waals surface area (Å²) in [5, 5.41) is 10.6. The van der Waals surface area contributed by atoms with Crippen LogP contribution in [0.1, 0.15) is 18.7 Å². The maximum Gasteiger partial charge on any atom is 0.315 e. The Hall–Kier alpha value is -1.18. The molecule has 0 saturated carbocycles. The number of nitrogens with zero attached hydrogens (tertiary/aromatic N) is 2. The summed E-state index contributed by atoms with van der Waals surface area (Å²) in [6.45, 7) is 3.07. The van der Waals surface area contributed by atoms with E-state index in [0.29, 0.717) is 25.1 Å². The van der Waals surface area contributed by atoms with Crippen LogP contribution in [-0.4, -0.2) is 43.7 Å². The normalized spacial score (nSPS) is 10.7. The zero-order valence-electron chi connectivity index (χ0n) is 10.1. The third-order valence-electron chi connectivity index (χ3n) is 2.06. The second kappa shape index (κ2) is 8.91. The maximum atomic E-state index is 5.35. The van der Waals surface area contributed by atoms with Crippen LogP contribution in [0.2, 0.25) is 0 Å². The average Bonchev–Trinajstić information content (AvgIpc) is 2.80. The van der Waals surface area contributed by atoms with Gasteiger partial charge in [-0.25, -0.2) is 0 Å². The smallest absolute Gasteiger partial charge is 0.315 e. The minimum atomic E-state index is 0.266. The number of rotatable bonds is 10. The highest BCUT2D eigenvalue weighted by molar-refractivity contribution is 5.16. The molecule has 98 valence electrons. The molecule has 1 heterocycles. The monoisotopic (exact) mass is 244 g/mol. The second-order valence-electron chi connectivity index (χ2n) is 3.44. The largest absolute Gasteiger partial charge is 0.407 e. The van der Waals surface area contributed by atoms with Crippen molar-refractivity contribution < 1.29 is 13.9 Å². The molecule has 1 aromatic heterocycles. The minimum absolute atomic E-state index is 0.266. The van der Waals surface area contributed by atoms with E-state index < -0.39 is 0 Å². The fourth-order valence-electron chi connectivity index (χ4n) is 1.18. The van der Waals surface area contributed by atoms with Gasteiger partial charge in [-0.1, -0.05) is 5.10 Å². The predicted octanol–water partition coefficient (Wildman–Crippen LogP) is 0.383. The molecular weight excluding hydrogens is 224 g/mol. The molecule has 0 aromatic carbocycles. The van der Waals surface area contributed by atoms with Crippen molar-refractivity contribution in [1.29, 1.82) is 0 Å². The van der Waals surface area contributed by atoms with Crippen LogP contribution in [0.5, 0.6) is 0 Å². The number of hydrogen-bond acceptors (Lipinski definition) is 7. The Bertz CT molecular complexity index is 293. The molecule has 0 aliphatic rings. The Balaban J connectivity index is 1.93. The van der Waals surface area contributed by atoms with Gasteiger partial charge >= 0.3 is 6.01 Å². The van der Waals surface area contributed by atoms with Gasteiger partial charge in [0.1, 0.15) is 0 Å². The molecule has 7 heteroatoms. The lowest BCUT2D eigenvalue weighted by Gasteiger charge is -2.03. The molecule has 17 heavy (non-hydrogen) atoms. The Kier molecular flexibility index (Phi) is 7.28. The highest BCUT2D eigenvalue weighted by Crippen LogP contribution is 2.04. The van der Waals surface area contributed by atoms with Crippen LogP contribution < -0.4 is 11.1 Å². The standard InChI is InChI=1S/C10H20N4O3/c1-15-6-7-16-5-3-2-4-12-10-14-13-9(8-11)17-10/h2-8,11H2,1H3,(H,12,14). The Labute approximate surface area is 101 Å². The number of nitrogens with one attached hydrogen (secondary N) is 1. The number of hydrogen-bond donors (Lipinski definition) is 2. The van der Waals surface area contributed by atoms with Crippen LogP contribution in [0.25, 0.3) is 0 Å². The zero-order chi connectivity index (χ0) is 12.3. The number of aromatic nitrogens is 2. The number of ether oxygens (including phenoxy) is 2. The molecule has 1 rings (SSSR count). The Morgan fingerprint density at radius 3 is 2.82 bits per heavy atom. The number of anilines is 1. The minimum Gasteiger partial charge on any atom is -0.407 e. The van der Waals surface area contributed by atoms with E-state index in [1.54, 1.807) is 7.11 Å². The summed E-state index contributed by atoms with van der Waals surface area (Å²) in [5.41, 5.74) is 5.35. The third kappa shape index (κ3) is 6.20. The van der Waals surface area contributed by atoms with Crippen molar-refractivity contribution >= 4 is 6.01 Å². The third-order valence-corrected chi connectivity index (χ3v) is 2.06. The van der Waals surface area contributed by atoms with Gasteiger partial charge in [0.05, 0.1) is 19.8 Å². The van der Waals surface area contributed by atoms with Gasteiger partial charge in [-0.15, -0.1) is 5.10 Å². The van der Waals surface area contributed by atoms with E-state index >= 15 is 0 Å². The van der Waals surface area contributed by atoms with Gasteiger partial charge in [0.15, 0.2) is 0 Å². The van der Waals surface area contributed by atoms with Gasteiger partial charge in [0.25, 0.3) is 0 Å². The summed E-state index contributed by atoms with van der Waals surface area (Å²) < 4.78 is 15.4. The first-order valence-electron chi connectivity index (χ1n) is 5.70. The van der Waals surface area contributed by atoms with Crippen LogP contribution in [0, 0.1) is 0 Å². The van der Waals surface area contributed by atoms with E-state index in [-0.39, 0.29) is 6.54 Å². The van der Waals surface area contributed by atoms with Crippen LogP contribution in [0.15, 0.2) is 4.42 Å². The molecule has 0 bridgehead atoms. The van der Waals surface area contributed by atoms with Gasteiger partial charge in [-0.2, -0.15) is 0 Å². The van der Waals surface area contributed by atoms with Crippen LogP contribution in [-0.2, 0) is 16.0 Å². The highest BCUT2D eigenvalue weighted by Gasteiger charge is 2.02. The predicted molar refractivity (Wildman–Crippen MR) is 62.6 cm³/mol. The lowest BCUT2D eigenvalue weighted by atomic mass is 10.3. The second-order valence-corrected chi connectivity index (χ2v) is 3.44. The van der Waals surface area contributed by atoms with Crippen molar-refractivity contribution in [1.82, 2.24) is 10.2 Å². The van der Waals surface area contributed by atoms with E-state index in [9.17, 15) is 0 Å². The molecule has 0 aliphatic heterocycles. The maximum absolute atomic E-state index is 5.35. The average molecular weight is 244 g/mol. The summed E-state index contributed by atoms with van der Waals surface area (Å²) in [7, 11) is 1.66. The zero-order valence-corrected chi connectivity index (χ0v) is 10.1. The molecule has 3 N–H and O–H groups in total. The number of nitrogens with two attached hydrogens (primary N) is 1. The molecule has 0 radical (unpaired) electrons. The summed E-state index contributed by atoms with van der Waals surface area (Å²) in [6.07, 6.45) is 1.96. The molecule has 7 nitrogen and oxygen atoms in total. The summed E-state index contributed by atoms with van der Waals surface area (Å²) >= 11 is 0. The van der Waals surface area contributed by atoms with Crippen LogP contribution in [0.3, 0.4) is 0 Å². The van der Waals surface area contributed by atoms with Crippen molar-refractivity contribution in [3.63, 3.8) is 0 Å². The van der Waals surface area contributed by atoms with E-state index in [4.69, 9.17) is 19.6 Å². The van der Waals surface area contributed by atoms with Crippen molar-refractivity contribution in [2.45, 2.75) is 19.4 Å². The molecule has 0 unspecified atom stereocenters. The van der Waals surface area contributed by atoms with Crippen molar-refractivity contribution in [2.24, 2.45) is 5.73 Å². The molecule has 0 amide bonds. The van der Waals surface area contributed by atoms with E-state index in [1.165, 1.54) is 0 Å². The summed E-state index contributed by atoms with van der Waals surface area (Å²) in [5.74, 6) is 0.440. The molecule has 0 fully saturated rings. The quantitative estimate of drug-likeness (QED) is 0.574. The van der Waals surface area contributed by atoms with Gasteiger partial charge in [0.2, 0.25) is 5.89 Å². The van der Waals surface area contributed by atoms with E-state index in [0.717, 1.165) is 26.0 Å². The van der Waals surface area contributed by atoms with Crippen molar-refractivity contribution in [3.05, 3.63) is 5.89 Å². The Morgan fingerprint density at radius 2 is 2.12 bits per heavy atom. The first-order chi connectivity index (χ1) is 8.36. The van der Waals surface area contributed by atoms with Crippen LogP contribution in [0.4, 0.5) is 6.01 Å². The lowest BCUT2D eigenvalue weighted by molar-refractivity contribution is 0.0691. The van der Waals surface area contributed by atoms with Crippen LogP contribution >= 0.6 is 0 Å². The number of methoxy groups -OCH3 is 1. The number of unbranched alkanes of at least 4 members (excludes halogenated alkanes) is 1. The first-order valence-corrected chi connectivity index (χ1v) is 5.70. The van der Waals surface area contributed by atoms with Crippen molar-refractivity contribution in [2.75, 3.05) is 38.8 Å². The fraction of sp³-hybridized carbons (Fsp3) is 0.800. The molecule has 1 aromatic rings. The Morgan fingerprint density at radius 1 is 1.24 bits per heavy atom. The van der Waals surface area contributed by atoms with Crippen molar-refractivity contribution in [3.8, 4) is 0 Å². The first kappa shape index (κ1) is 13.9. The topological polar surface area (TPSA) is 95.4 Å². The molecule has 0 saturated heterocycles. The molecule has 0 aliphatic carbocycles. The SMILES string of the molecule is COCCOCCCCNc1nnc(CN)o1. The molecular formula is C10H20N4O3. The summed E-state index contributed by atoms with van der Waals surface area (Å²) in [6, 6.07) is 0.422. The van der Waals surface area contributed by atoms with Gasteiger partial charge in [-0.05, 0) is 12.8 Å². The van der Waals surface area contributed by atoms with Gasteiger partial charge < -0.3 is 24.9 Å². The van der Waals surface area contributed by atoms with Gasteiger partial charge in [0, 0.05) is 20.3 Å². The lowest BCUT2D eigenvalue weighted by Crippen LogP contribution is -2.06. The van der Waals surface area contributed by atoms with E-state index in [2.05, 4.69) is 15.5 Å². The summed E-state index contributed by atoms with van der Waals surface area (Å²) in [4.78, 5) is 0. The molecule has 0 atom stereocenters. The highest BCUT2D eigenvalue weighted by atomic mass is 16.5. The van der Waals surface area contributed by atoms with Gasteiger partial charge in [-0.3, -0.25) is 0 Å².